The highest BCUT2D eigenvalue weighted by molar-refractivity contribution is 8.26. The Morgan fingerprint density at radius 2 is 2.00 bits per heavy atom. The van der Waals surface area contributed by atoms with Crippen LogP contribution in [0, 0.1) is 0 Å². The van der Waals surface area contributed by atoms with E-state index in [2.05, 4.69) is 4.74 Å². The SMILES string of the molecule is COC(=O)COc1ccc(/C=C2/SC(=S)N(CC(=O)O)C2=O)cc1. The van der Waals surface area contributed by atoms with E-state index in [0.29, 0.717) is 10.7 Å². The first-order chi connectivity index (χ1) is 11.4. The number of benzene rings is 1. The molecule has 0 spiro atoms. The van der Waals surface area contributed by atoms with Gasteiger partial charge in [-0.25, -0.2) is 4.79 Å². The summed E-state index contributed by atoms with van der Waals surface area (Å²) in [5, 5.41) is 8.79. The van der Waals surface area contributed by atoms with Crippen LogP contribution in [0.15, 0.2) is 29.2 Å². The van der Waals surface area contributed by atoms with Gasteiger partial charge < -0.3 is 14.6 Å². The number of carboxylic acid groups (broad SMARTS) is 1. The van der Waals surface area contributed by atoms with E-state index < -0.39 is 24.4 Å². The lowest BCUT2D eigenvalue weighted by molar-refractivity contribution is -0.143. The first-order valence-electron chi connectivity index (χ1n) is 6.67. The van der Waals surface area contributed by atoms with Gasteiger partial charge in [-0.05, 0) is 23.8 Å². The molecule has 1 aromatic rings. The molecule has 2 rings (SSSR count). The summed E-state index contributed by atoms with van der Waals surface area (Å²) in [6, 6.07) is 6.70. The van der Waals surface area contributed by atoms with Crippen LogP contribution in [-0.2, 0) is 19.1 Å². The number of carboxylic acids is 1. The minimum absolute atomic E-state index is 0.191. The predicted molar refractivity (Wildman–Crippen MR) is 91.5 cm³/mol. The molecule has 0 saturated carbocycles. The van der Waals surface area contributed by atoms with E-state index in [1.165, 1.54) is 7.11 Å². The van der Waals surface area contributed by atoms with Crippen LogP contribution in [0.5, 0.6) is 5.75 Å². The zero-order valence-electron chi connectivity index (χ0n) is 12.6. The van der Waals surface area contributed by atoms with Crippen molar-refractivity contribution in [3.63, 3.8) is 0 Å². The number of hydrogen-bond acceptors (Lipinski definition) is 7. The normalized spacial score (nSPS) is 15.7. The van der Waals surface area contributed by atoms with Crippen LogP contribution in [0.1, 0.15) is 5.56 Å². The van der Waals surface area contributed by atoms with Crippen molar-refractivity contribution in [2.24, 2.45) is 0 Å². The molecule has 0 aliphatic carbocycles. The fourth-order valence-corrected chi connectivity index (χ4v) is 3.04. The standard InChI is InChI=1S/C15H13NO6S2/c1-21-13(19)8-22-10-4-2-9(3-5-10)6-11-14(20)16(7-12(17)18)15(23)24-11/h2-6H,7-8H2,1H3,(H,17,18)/b11-6+. The summed E-state index contributed by atoms with van der Waals surface area (Å²) in [5.74, 6) is -1.56. The number of carbonyl (C=O) groups excluding carboxylic acids is 2. The van der Waals surface area contributed by atoms with Gasteiger partial charge in [-0.1, -0.05) is 36.1 Å². The Hall–Kier alpha value is -2.39. The minimum atomic E-state index is -1.13. The van der Waals surface area contributed by atoms with Crippen LogP contribution < -0.4 is 4.74 Å². The van der Waals surface area contributed by atoms with E-state index in [0.717, 1.165) is 22.2 Å². The van der Waals surface area contributed by atoms with Crippen LogP contribution in [-0.4, -0.2) is 52.4 Å². The van der Waals surface area contributed by atoms with Crippen molar-refractivity contribution in [3.8, 4) is 5.75 Å². The Bertz CT molecular complexity index is 713. The third-order valence-corrected chi connectivity index (χ3v) is 4.31. The number of carbonyl (C=O) groups is 3. The molecule has 7 nitrogen and oxygen atoms in total. The fraction of sp³-hybridized carbons (Fsp3) is 0.200. The summed E-state index contributed by atoms with van der Waals surface area (Å²) in [5.41, 5.74) is 0.719. The van der Waals surface area contributed by atoms with Gasteiger partial charge >= 0.3 is 11.9 Å². The molecule has 0 unspecified atom stereocenters. The zero-order chi connectivity index (χ0) is 17.7. The van der Waals surface area contributed by atoms with Crippen LogP contribution in [0.4, 0.5) is 0 Å². The molecular weight excluding hydrogens is 354 g/mol. The number of ether oxygens (including phenoxy) is 2. The topological polar surface area (TPSA) is 93.1 Å². The maximum absolute atomic E-state index is 12.1. The van der Waals surface area contributed by atoms with Crippen LogP contribution >= 0.6 is 24.0 Å². The third-order valence-electron chi connectivity index (χ3n) is 2.93. The molecule has 24 heavy (non-hydrogen) atoms. The molecule has 0 atom stereocenters. The van der Waals surface area contributed by atoms with E-state index in [-0.39, 0.29) is 10.9 Å². The second-order valence-corrected chi connectivity index (χ2v) is 6.27. The lowest BCUT2D eigenvalue weighted by atomic mass is 10.2. The molecule has 9 heteroatoms. The molecule has 126 valence electrons. The van der Waals surface area contributed by atoms with Crippen molar-refractivity contribution in [2.45, 2.75) is 0 Å². The summed E-state index contributed by atoms with van der Waals surface area (Å²) >= 11 is 6.07. The van der Waals surface area contributed by atoms with Crippen molar-refractivity contribution in [1.82, 2.24) is 4.90 Å². The van der Waals surface area contributed by atoms with Gasteiger partial charge in [0.15, 0.2) is 6.61 Å². The second-order valence-electron chi connectivity index (χ2n) is 4.60. The van der Waals surface area contributed by atoms with Crippen molar-refractivity contribution in [2.75, 3.05) is 20.3 Å². The minimum Gasteiger partial charge on any atom is -0.482 e. The highest BCUT2D eigenvalue weighted by atomic mass is 32.2. The van der Waals surface area contributed by atoms with E-state index in [9.17, 15) is 14.4 Å². The number of hydrogen-bond donors (Lipinski definition) is 1. The molecule has 1 saturated heterocycles. The Morgan fingerprint density at radius 3 is 2.58 bits per heavy atom. The maximum Gasteiger partial charge on any atom is 0.343 e. The molecule has 1 aromatic carbocycles. The summed E-state index contributed by atoms with van der Waals surface area (Å²) in [7, 11) is 1.27. The third kappa shape index (κ3) is 4.56. The lowest BCUT2D eigenvalue weighted by Crippen LogP contribution is -2.33. The number of thioether (sulfide) groups is 1. The molecule has 1 fully saturated rings. The molecule has 1 N–H and O–H groups in total. The van der Waals surface area contributed by atoms with E-state index in [1.54, 1.807) is 30.3 Å². The van der Waals surface area contributed by atoms with Crippen molar-refractivity contribution in [1.29, 1.82) is 0 Å². The largest absolute Gasteiger partial charge is 0.482 e. The van der Waals surface area contributed by atoms with Crippen molar-refractivity contribution < 1.29 is 29.0 Å². The second kappa shape index (κ2) is 7.93. The summed E-state index contributed by atoms with van der Waals surface area (Å²) < 4.78 is 9.91. The number of rotatable bonds is 6. The Kier molecular flexibility index (Phi) is 5.93. The lowest BCUT2D eigenvalue weighted by Gasteiger charge is -2.10. The van der Waals surface area contributed by atoms with Crippen molar-refractivity contribution in [3.05, 3.63) is 34.7 Å². The molecule has 0 aromatic heterocycles. The van der Waals surface area contributed by atoms with Gasteiger partial charge in [0.25, 0.3) is 5.91 Å². The Balaban J connectivity index is 2.06. The predicted octanol–water partition coefficient (Wildman–Crippen LogP) is 1.52. The zero-order valence-corrected chi connectivity index (χ0v) is 14.2. The monoisotopic (exact) mass is 367 g/mol. The van der Waals surface area contributed by atoms with Crippen molar-refractivity contribution >= 4 is 52.2 Å². The van der Waals surface area contributed by atoms with Crippen LogP contribution in [0.25, 0.3) is 6.08 Å². The highest BCUT2D eigenvalue weighted by Gasteiger charge is 2.33. The molecule has 0 bridgehead atoms. The Morgan fingerprint density at radius 1 is 1.33 bits per heavy atom. The number of esters is 1. The molecule has 1 aliphatic heterocycles. The maximum atomic E-state index is 12.1. The molecule has 1 heterocycles. The fourth-order valence-electron chi connectivity index (χ4n) is 1.78. The average Bonchev–Trinajstić information content (AvgIpc) is 2.81. The summed E-state index contributed by atoms with van der Waals surface area (Å²) in [6.07, 6.45) is 1.62. The van der Waals surface area contributed by atoms with Gasteiger partial charge in [0.1, 0.15) is 16.6 Å². The number of nitrogens with zero attached hydrogens (tertiary/aromatic N) is 1. The van der Waals surface area contributed by atoms with Gasteiger partial charge in [-0.2, -0.15) is 0 Å². The highest BCUT2D eigenvalue weighted by Crippen LogP contribution is 2.32. The Labute approximate surface area is 147 Å². The number of thiocarbonyl (C=S) groups is 1. The molecule has 1 amide bonds. The van der Waals surface area contributed by atoms with Crippen LogP contribution in [0.3, 0.4) is 0 Å². The first-order valence-corrected chi connectivity index (χ1v) is 7.90. The molecule has 1 aliphatic rings. The van der Waals surface area contributed by atoms with Gasteiger partial charge in [-0.3, -0.25) is 14.5 Å². The van der Waals surface area contributed by atoms with Gasteiger partial charge in [0.05, 0.1) is 12.0 Å². The van der Waals surface area contributed by atoms with Gasteiger partial charge in [0, 0.05) is 0 Å². The van der Waals surface area contributed by atoms with Gasteiger partial charge in [-0.15, -0.1) is 0 Å². The number of amides is 1. The smallest absolute Gasteiger partial charge is 0.343 e. The van der Waals surface area contributed by atoms with Crippen LogP contribution in [0.2, 0.25) is 0 Å². The number of aliphatic carboxylic acids is 1. The van der Waals surface area contributed by atoms with E-state index in [1.807, 2.05) is 0 Å². The van der Waals surface area contributed by atoms with Gasteiger partial charge in [0.2, 0.25) is 0 Å². The quantitative estimate of drug-likeness (QED) is 0.460. The summed E-state index contributed by atoms with van der Waals surface area (Å²) in [4.78, 5) is 35.3. The van der Waals surface area contributed by atoms with E-state index >= 15 is 0 Å². The summed E-state index contributed by atoms with van der Waals surface area (Å²) in [6.45, 7) is -0.647. The first kappa shape index (κ1) is 18.0. The molecule has 0 radical (unpaired) electrons. The van der Waals surface area contributed by atoms with E-state index in [4.69, 9.17) is 22.1 Å². The average molecular weight is 367 g/mol. The number of methoxy groups -OCH3 is 1. The molecular formula is C15H13NO6S2.